The number of nitrogens with zero attached hydrogens (tertiary/aromatic N) is 2. The number of alkyl halides is 1. The molecule has 0 bridgehead atoms. The zero-order chi connectivity index (χ0) is 14.0. The molecule has 0 saturated carbocycles. The number of piperidine rings is 1. The molecule has 1 unspecified atom stereocenters. The maximum atomic E-state index is 11.6. The van der Waals surface area contributed by atoms with Gasteiger partial charge in [-0.3, -0.25) is 0 Å². The van der Waals surface area contributed by atoms with Crippen LogP contribution >= 0.6 is 15.9 Å². The van der Waals surface area contributed by atoms with E-state index in [1.54, 1.807) is 4.31 Å². The summed E-state index contributed by atoms with van der Waals surface area (Å²) in [7, 11) is -0.918. The highest BCUT2D eigenvalue weighted by molar-refractivity contribution is 9.09. The Labute approximate surface area is 120 Å². The van der Waals surface area contributed by atoms with E-state index in [9.17, 15) is 8.42 Å². The average Bonchev–Trinajstić information content (AvgIpc) is 2.28. The number of sulfonamides is 1. The van der Waals surface area contributed by atoms with Crippen molar-refractivity contribution in [3.8, 4) is 0 Å². The molecule has 0 radical (unpaired) electrons. The molecule has 0 aromatic carbocycles. The first kappa shape index (κ1) is 16.4. The first-order valence-corrected chi connectivity index (χ1v) is 9.36. The van der Waals surface area contributed by atoms with Gasteiger partial charge in [0.1, 0.15) is 0 Å². The lowest BCUT2D eigenvalue weighted by Crippen LogP contribution is -2.48. The van der Waals surface area contributed by atoms with Crippen LogP contribution in [0.1, 0.15) is 26.7 Å². The number of halogens is 1. The molecule has 1 aliphatic heterocycles. The Morgan fingerprint density at radius 2 is 2.06 bits per heavy atom. The Morgan fingerprint density at radius 1 is 1.44 bits per heavy atom. The lowest BCUT2D eigenvalue weighted by molar-refractivity contribution is 0.128. The van der Waals surface area contributed by atoms with Crippen molar-refractivity contribution in [1.29, 1.82) is 0 Å². The third-order valence-corrected chi connectivity index (χ3v) is 6.49. The molecule has 0 aliphatic carbocycles. The Balaban J connectivity index is 2.58. The summed E-state index contributed by atoms with van der Waals surface area (Å²) in [4.78, 5) is 2.32. The predicted octanol–water partition coefficient (Wildman–Crippen LogP) is 1.76. The Kier molecular flexibility index (Phi) is 5.65. The second-order valence-corrected chi connectivity index (χ2v) is 8.50. The minimum absolute atomic E-state index is 0.105. The molecule has 1 fully saturated rings. The Bertz CT molecular complexity index is 370. The molecule has 1 saturated heterocycles. The minimum Gasteiger partial charge on any atom is -0.300 e. The van der Waals surface area contributed by atoms with Gasteiger partial charge in [0, 0.05) is 30.5 Å². The van der Waals surface area contributed by atoms with Gasteiger partial charge in [-0.2, -0.15) is 0 Å². The highest BCUT2D eigenvalue weighted by atomic mass is 79.9. The van der Waals surface area contributed by atoms with Gasteiger partial charge in [0.05, 0.1) is 6.26 Å². The maximum Gasteiger partial charge on any atom is 0.211 e. The van der Waals surface area contributed by atoms with E-state index >= 15 is 0 Å². The summed E-state index contributed by atoms with van der Waals surface area (Å²) >= 11 is 3.53. The largest absolute Gasteiger partial charge is 0.300 e. The third kappa shape index (κ3) is 4.47. The fraction of sp³-hybridized carbons (Fsp3) is 1.00. The maximum absolute atomic E-state index is 11.6. The summed E-state index contributed by atoms with van der Waals surface area (Å²) in [5, 5.41) is 0.916. The van der Waals surface area contributed by atoms with Crippen molar-refractivity contribution < 1.29 is 8.42 Å². The van der Waals surface area contributed by atoms with Crippen LogP contribution in [0.25, 0.3) is 0 Å². The van der Waals surface area contributed by atoms with Crippen molar-refractivity contribution in [2.45, 2.75) is 32.2 Å². The summed E-state index contributed by atoms with van der Waals surface area (Å²) in [5.74, 6) is 0.441. The Morgan fingerprint density at radius 3 is 2.56 bits per heavy atom. The zero-order valence-corrected chi connectivity index (χ0v) is 14.2. The lowest BCUT2D eigenvalue weighted by Gasteiger charge is -2.39. The van der Waals surface area contributed by atoms with Crippen molar-refractivity contribution in [2.75, 3.05) is 38.3 Å². The van der Waals surface area contributed by atoms with Crippen LogP contribution in [0, 0.1) is 5.92 Å². The molecule has 0 aromatic heterocycles. The number of hydrogen-bond acceptors (Lipinski definition) is 3. The van der Waals surface area contributed by atoms with Gasteiger partial charge >= 0.3 is 0 Å². The van der Waals surface area contributed by atoms with Crippen LogP contribution in [0.2, 0.25) is 0 Å². The first-order chi connectivity index (χ1) is 8.16. The molecule has 1 rings (SSSR count). The number of hydrogen-bond donors (Lipinski definition) is 0. The van der Waals surface area contributed by atoms with Crippen molar-refractivity contribution in [2.24, 2.45) is 5.92 Å². The van der Waals surface area contributed by atoms with Crippen LogP contribution in [0.3, 0.4) is 0 Å². The topological polar surface area (TPSA) is 40.6 Å². The normalized spacial score (nSPS) is 23.6. The summed E-state index contributed by atoms with van der Waals surface area (Å²) in [6.45, 7) is 6.69. The summed E-state index contributed by atoms with van der Waals surface area (Å²) < 4.78 is 24.8. The van der Waals surface area contributed by atoms with Crippen molar-refractivity contribution in [1.82, 2.24) is 9.21 Å². The van der Waals surface area contributed by atoms with Gasteiger partial charge in [0.2, 0.25) is 10.0 Å². The summed E-state index contributed by atoms with van der Waals surface area (Å²) in [6.07, 6.45) is 3.40. The van der Waals surface area contributed by atoms with Crippen LogP contribution in [0.4, 0.5) is 0 Å². The molecule has 0 spiro atoms. The molecular formula is C12H25BrN2O2S. The fourth-order valence-corrected chi connectivity index (χ4v) is 3.58. The molecular weight excluding hydrogens is 316 g/mol. The van der Waals surface area contributed by atoms with Gasteiger partial charge in [-0.15, -0.1) is 0 Å². The Hall–Kier alpha value is 0.350. The van der Waals surface area contributed by atoms with Gasteiger partial charge < -0.3 is 4.90 Å². The molecule has 0 aromatic rings. The molecule has 0 N–H and O–H groups in total. The molecule has 4 nitrogen and oxygen atoms in total. The molecule has 0 amide bonds. The van der Waals surface area contributed by atoms with E-state index < -0.39 is 10.0 Å². The fourth-order valence-electron chi connectivity index (χ4n) is 2.21. The highest BCUT2D eigenvalue weighted by Crippen LogP contribution is 2.23. The average molecular weight is 341 g/mol. The van der Waals surface area contributed by atoms with E-state index in [4.69, 9.17) is 0 Å². The van der Waals surface area contributed by atoms with E-state index in [0.29, 0.717) is 19.0 Å². The van der Waals surface area contributed by atoms with Crippen molar-refractivity contribution in [3.63, 3.8) is 0 Å². The molecule has 1 atom stereocenters. The summed E-state index contributed by atoms with van der Waals surface area (Å²) in [6, 6.07) is 0. The lowest BCUT2D eigenvalue weighted by atomic mass is 9.96. The van der Waals surface area contributed by atoms with Gasteiger partial charge in [-0.25, -0.2) is 12.7 Å². The minimum atomic E-state index is -3.03. The van der Waals surface area contributed by atoms with Crippen LogP contribution in [0.5, 0.6) is 0 Å². The predicted molar refractivity (Wildman–Crippen MR) is 79.6 cm³/mol. The van der Waals surface area contributed by atoms with E-state index in [0.717, 1.165) is 24.7 Å². The van der Waals surface area contributed by atoms with Gasteiger partial charge in [-0.05, 0) is 39.7 Å². The van der Waals surface area contributed by atoms with Crippen LogP contribution < -0.4 is 0 Å². The molecule has 1 aliphatic rings. The monoisotopic (exact) mass is 340 g/mol. The number of rotatable bonds is 5. The van der Waals surface area contributed by atoms with Crippen LogP contribution in [0.15, 0.2) is 0 Å². The highest BCUT2D eigenvalue weighted by Gasteiger charge is 2.29. The zero-order valence-electron chi connectivity index (χ0n) is 11.8. The second-order valence-electron chi connectivity index (χ2n) is 5.96. The van der Waals surface area contributed by atoms with Gasteiger partial charge in [-0.1, -0.05) is 15.9 Å². The SMILES string of the molecule is CN(CC1CCCN(S(C)(=O)=O)C1)C(C)(C)CBr. The third-order valence-electron chi connectivity index (χ3n) is 3.84. The van der Waals surface area contributed by atoms with Crippen LogP contribution in [-0.4, -0.2) is 61.4 Å². The van der Waals surface area contributed by atoms with Crippen molar-refractivity contribution in [3.05, 3.63) is 0 Å². The van der Waals surface area contributed by atoms with Gasteiger partial charge in [0.25, 0.3) is 0 Å². The molecule has 1 heterocycles. The first-order valence-electron chi connectivity index (χ1n) is 6.39. The molecule has 6 heteroatoms. The van der Waals surface area contributed by atoms with E-state index in [2.05, 4.69) is 41.7 Å². The van der Waals surface area contributed by atoms with E-state index in [-0.39, 0.29) is 5.54 Å². The quantitative estimate of drug-likeness (QED) is 0.716. The van der Waals surface area contributed by atoms with E-state index in [1.807, 2.05) is 0 Å². The van der Waals surface area contributed by atoms with E-state index in [1.165, 1.54) is 6.26 Å². The summed E-state index contributed by atoms with van der Waals surface area (Å²) in [5.41, 5.74) is 0.105. The van der Waals surface area contributed by atoms with Gasteiger partial charge in [0.15, 0.2) is 0 Å². The van der Waals surface area contributed by atoms with Crippen LogP contribution in [-0.2, 0) is 10.0 Å². The van der Waals surface area contributed by atoms with Crippen molar-refractivity contribution >= 4 is 26.0 Å². The smallest absolute Gasteiger partial charge is 0.211 e. The second kappa shape index (κ2) is 6.20. The molecule has 108 valence electrons. The molecule has 18 heavy (non-hydrogen) atoms. The standard InChI is InChI=1S/C12H25BrN2O2S/c1-12(2,10-13)14(3)8-11-6-5-7-15(9-11)18(4,16)17/h11H,5-10H2,1-4H3.